The topological polar surface area (TPSA) is 72.2 Å². The van der Waals surface area contributed by atoms with Gasteiger partial charge in [0.25, 0.3) is 5.91 Å². The second kappa shape index (κ2) is 6.23. The van der Waals surface area contributed by atoms with Gasteiger partial charge in [0, 0.05) is 18.3 Å². The molecule has 0 fully saturated rings. The number of aromatic nitrogens is 4. The SMILES string of the molecule is CCCCc1nnc(NC(=O)c2cn3c(C)cccc3n2)s1. The fourth-order valence-electron chi connectivity index (χ4n) is 2.15. The molecular weight excluding hydrogens is 298 g/mol. The van der Waals surface area contributed by atoms with Crippen LogP contribution in [-0.4, -0.2) is 25.5 Å². The molecule has 22 heavy (non-hydrogen) atoms. The molecule has 6 nitrogen and oxygen atoms in total. The van der Waals surface area contributed by atoms with Crippen LogP contribution in [0.3, 0.4) is 0 Å². The van der Waals surface area contributed by atoms with E-state index in [1.807, 2.05) is 29.5 Å². The minimum atomic E-state index is -0.263. The Hall–Kier alpha value is -2.28. The fraction of sp³-hybridized carbons (Fsp3) is 0.333. The van der Waals surface area contributed by atoms with Crippen LogP contribution in [0.1, 0.15) is 41.0 Å². The number of fused-ring (bicyclic) bond motifs is 1. The van der Waals surface area contributed by atoms with Crippen LogP contribution in [0, 0.1) is 6.92 Å². The van der Waals surface area contributed by atoms with E-state index in [0.717, 1.165) is 35.6 Å². The lowest BCUT2D eigenvalue weighted by molar-refractivity contribution is 0.102. The number of hydrogen-bond acceptors (Lipinski definition) is 5. The summed E-state index contributed by atoms with van der Waals surface area (Å²) in [4.78, 5) is 16.6. The van der Waals surface area contributed by atoms with Crippen molar-refractivity contribution in [3.05, 3.63) is 40.8 Å². The predicted molar refractivity (Wildman–Crippen MR) is 86.4 cm³/mol. The summed E-state index contributed by atoms with van der Waals surface area (Å²) >= 11 is 1.42. The number of rotatable bonds is 5. The molecule has 0 aliphatic heterocycles. The Morgan fingerprint density at radius 2 is 2.23 bits per heavy atom. The van der Waals surface area contributed by atoms with Gasteiger partial charge >= 0.3 is 0 Å². The maximum Gasteiger partial charge on any atom is 0.277 e. The van der Waals surface area contributed by atoms with Crippen molar-refractivity contribution in [1.82, 2.24) is 19.6 Å². The van der Waals surface area contributed by atoms with E-state index in [1.54, 1.807) is 6.20 Å². The first kappa shape index (κ1) is 14.6. The van der Waals surface area contributed by atoms with Crippen molar-refractivity contribution < 1.29 is 4.79 Å². The van der Waals surface area contributed by atoms with Gasteiger partial charge in [-0.1, -0.05) is 30.7 Å². The molecule has 0 unspecified atom stereocenters. The minimum Gasteiger partial charge on any atom is -0.304 e. The van der Waals surface area contributed by atoms with E-state index in [1.165, 1.54) is 11.3 Å². The first-order valence-corrected chi connectivity index (χ1v) is 8.07. The molecule has 0 saturated heterocycles. The molecule has 114 valence electrons. The van der Waals surface area contributed by atoms with Gasteiger partial charge in [0.2, 0.25) is 5.13 Å². The van der Waals surface area contributed by atoms with Crippen LogP contribution in [-0.2, 0) is 6.42 Å². The quantitative estimate of drug-likeness (QED) is 0.785. The summed E-state index contributed by atoms with van der Waals surface area (Å²) in [5.41, 5.74) is 2.16. The summed E-state index contributed by atoms with van der Waals surface area (Å²) in [6.07, 6.45) is 4.83. The van der Waals surface area contributed by atoms with E-state index in [9.17, 15) is 4.79 Å². The number of anilines is 1. The lowest BCUT2D eigenvalue weighted by Crippen LogP contribution is -2.12. The number of pyridine rings is 1. The Bertz CT molecular complexity index is 807. The Balaban J connectivity index is 1.75. The van der Waals surface area contributed by atoms with Crippen molar-refractivity contribution in [2.75, 3.05) is 5.32 Å². The monoisotopic (exact) mass is 315 g/mol. The number of nitrogens with one attached hydrogen (secondary N) is 1. The standard InChI is InChI=1S/C15H17N5OS/c1-3-4-8-13-18-19-15(22-13)17-14(21)11-9-20-10(2)6-5-7-12(20)16-11/h5-7,9H,3-4,8H2,1-2H3,(H,17,19,21). The van der Waals surface area contributed by atoms with Gasteiger partial charge in [-0.2, -0.15) is 0 Å². The molecule has 0 saturated carbocycles. The molecule has 0 aliphatic carbocycles. The van der Waals surface area contributed by atoms with Crippen LogP contribution < -0.4 is 5.32 Å². The smallest absolute Gasteiger partial charge is 0.277 e. The normalized spacial score (nSPS) is 11.0. The van der Waals surface area contributed by atoms with Crippen molar-refractivity contribution in [3.8, 4) is 0 Å². The first-order valence-electron chi connectivity index (χ1n) is 7.26. The van der Waals surface area contributed by atoms with Gasteiger partial charge in [-0.25, -0.2) is 4.98 Å². The van der Waals surface area contributed by atoms with Gasteiger partial charge in [-0.05, 0) is 25.5 Å². The highest BCUT2D eigenvalue weighted by atomic mass is 32.1. The summed E-state index contributed by atoms with van der Waals surface area (Å²) in [6.45, 7) is 4.11. The number of unbranched alkanes of at least 4 members (excludes halogenated alkanes) is 1. The highest BCUT2D eigenvalue weighted by Crippen LogP contribution is 2.18. The molecule has 1 amide bonds. The third-order valence-corrected chi connectivity index (χ3v) is 4.26. The predicted octanol–water partition coefficient (Wildman–Crippen LogP) is 3.09. The Labute approximate surface area is 132 Å². The van der Waals surface area contributed by atoms with Crippen LogP contribution >= 0.6 is 11.3 Å². The van der Waals surface area contributed by atoms with E-state index in [4.69, 9.17) is 0 Å². The largest absolute Gasteiger partial charge is 0.304 e. The van der Waals surface area contributed by atoms with E-state index in [0.29, 0.717) is 10.8 Å². The summed E-state index contributed by atoms with van der Waals surface area (Å²) in [5, 5.41) is 12.3. The molecular formula is C15H17N5OS. The van der Waals surface area contributed by atoms with Gasteiger partial charge in [0.05, 0.1) is 0 Å². The van der Waals surface area contributed by atoms with E-state index < -0.39 is 0 Å². The van der Waals surface area contributed by atoms with Crippen molar-refractivity contribution in [2.24, 2.45) is 0 Å². The van der Waals surface area contributed by atoms with Crippen LogP contribution in [0.2, 0.25) is 0 Å². The molecule has 3 aromatic heterocycles. The number of amides is 1. The molecule has 0 aromatic carbocycles. The number of imidazole rings is 1. The van der Waals surface area contributed by atoms with E-state index in [2.05, 4.69) is 27.4 Å². The lowest BCUT2D eigenvalue weighted by Gasteiger charge is -1.96. The zero-order chi connectivity index (χ0) is 15.5. The maximum atomic E-state index is 12.3. The molecule has 1 N–H and O–H groups in total. The maximum absolute atomic E-state index is 12.3. The van der Waals surface area contributed by atoms with Crippen LogP contribution in [0.5, 0.6) is 0 Å². The average Bonchev–Trinajstić information content (AvgIpc) is 3.12. The van der Waals surface area contributed by atoms with Gasteiger partial charge in [-0.15, -0.1) is 10.2 Å². The van der Waals surface area contributed by atoms with Crippen molar-refractivity contribution in [1.29, 1.82) is 0 Å². The third-order valence-electron chi connectivity index (χ3n) is 3.36. The molecule has 3 heterocycles. The summed E-state index contributed by atoms with van der Waals surface area (Å²) in [7, 11) is 0. The van der Waals surface area contributed by atoms with Crippen LogP contribution in [0.15, 0.2) is 24.4 Å². The fourth-order valence-corrected chi connectivity index (χ4v) is 2.93. The van der Waals surface area contributed by atoms with Crippen molar-refractivity contribution >= 4 is 28.0 Å². The Kier molecular flexibility index (Phi) is 4.15. The van der Waals surface area contributed by atoms with Crippen molar-refractivity contribution in [2.45, 2.75) is 33.1 Å². The van der Waals surface area contributed by atoms with Crippen molar-refractivity contribution in [3.63, 3.8) is 0 Å². The Morgan fingerprint density at radius 3 is 3.00 bits per heavy atom. The number of hydrogen-bond donors (Lipinski definition) is 1. The van der Waals surface area contributed by atoms with E-state index >= 15 is 0 Å². The number of aryl methyl sites for hydroxylation is 2. The number of carbonyl (C=O) groups excluding carboxylic acids is 1. The average molecular weight is 315 g/mol. The zero-order valence-electron chi connectivity index (χ0n) is 12.5. The summed E-state index contributed by atoms with van der Waals surface area (Å²) in [5.74, 6) is -0.263. The summed E-state index contributed by atoms with van der Waals surface area (Å²) < 4.78 is 1.89. The molecule has 0 bridgehead atoms. The lowest BCUT2D eigenvalue weighted by atomic mass is 10.3. The highest BCUT2D eigenvalue weighted by molar-refractivity contribution is 7.15. The molecule has 3 aromatic rings. The third kappa shape index (κ3) is 2.99. The first-order chi connectivity index (χ1) is 10.7. The second-order valence-electron chi connectivity index (χ2n) is 5.08. The van der Waals surface area contributed by atoms with Gasteiger partial charge < -0.3 is 4.40 Å². The van der Waals surface area contributed by atoms with Gasteiger partial charge in [0.15, 0.2) is 0 Å². The molecule has 0 spiro atoms. The molecule has 7 heteroatoms. The van der Waals surface area contributed by atoms with Crippen LogP contribution in [0.4, 0.5) is 5.13 Å². The molecule has 0 radical (unpaired) electrons. The Morgan fingerprint density at radius 1 is 1.36 bits per heavy atom. The highest BCUT2D eigenvalue weighted by Gasteiger charge is 2.14. The molecule has 0 atom stereocenters. The zero-order valence-corrected chi connectivity index (χ0v) is 13.4. The molecule has 0 aliphatic rings. The van der Waals surface area contributed by atoms with Crippen LogP contribution in [0.25, 0.3) is 5.65 Å². The minimum absolute atomic E-state index is 0.263. The molecule has 3 rings (SSSR count). The number of nitrogens with zero attached hydrogens (tertiary/aromatic N) is 4. The van der Waals surface area contributed by atoms with Gasteiger partial charge in [-0.3, -0.25) is 10.1 Å². The van der Waals surface area contributed by atoms with E-state index in [-0.39, 0.29) is 5.91 Å². The number of carbonyl (C=O) groups is 1. The second-order valence-corrected chi connectivity index (χ2v) is 6.14. The van der Waals surface area contributed by atoms with Gasteiger partial charge in [0.1, 0.15) is 16.3 Å². The summed E-state index contributed by atoms with van der Waals surface area (Å²) in [6, 6.07) is 5.77.